The molecule has 1 aliphatic rings. The molecule has 0 heterocycles. The van der Waals surface area contributed by atoms with Crippen LogP contribution in [-0.2, 0) is 4.79 Å². The Morgan fingerprint density at radius 1 is 0.926 bits per heavy atom. The first-order valence-electron chi connectivity index (χ1n) is 9.13. The summed E-state index contributed by atoms with van der Waals surface area (Å²) in [4.78, 5) is 23.6. The van der Waals surface area contributed by atoms with Gasteiger partial charge in [-0.05, 0) is 48.9 Å². The fourth-order valence-corrected chi connectivity index (χ4v) is 3.63. The van der Waals surface area contributed by atoms with Gasteiger partial charge in [-0.1, -0.05) is 54.1 Å². The summed E-state index contributed by atoms with van der Waals surface area (Å²) >= 11 is 5.99. The van der Waals surface area contributed by atoms with Gasteiger partial charge in [-0.3, -0.25) is 4.79 Å². The third-order valence-corrected chi connectivity index (χ3v) is 5.28. The molecule has 0 saturated heterocycles. The van der Waals surface area contributed by atoms with Gasteiger partial charge in [0.1, 0.15) is 0 Å². The van der Waals surface area contributed by atoms with E-state index in [1.165, 1.54) is 0 Å². The second kappa shape index (κ2) is 8.91. The summed E-state index contributed by atoms with van der Waals surface area (Å²) in [5.41, 5.74) is 1.92. The van der Waals surface area contributed by atoms with Crippen molar-refractivity contribution in [2.24, 2.45) is 5.92 Å². The quantitative estimate of drug-likeness (QED) is 0.713. The van der Waals surface area contributed by atoms with Crippen LogP contribution in [0.2, 0.25) is 5.02 Å². The molecule has 1 fully saturated rings. The lowest BCUT2D eigenvalue weighted by Crippen LogP contribution is -2.45. The molecular formula is C21H23ClN2O3. The highest BCUT2D eigenvalue weighted by Gasteiger charge is 2.27. The third kappa shape index (κ3) is 5.23. The first-order valence-corrected chi connectivity index (χ1v) is 9.51. The van der Waals surface area contributed by atoms with E-state index in [0.29, 0.717) is 30.7 Å². The highest BCUT2D eigenvalue weighted by atomic mass is 35.5. The zero-order chi connectivity index (χ0) is 19.2. The Labute approximate surface area is 163 Å². The maximum Gasteiger partial charge on any atom is 0.315 e. The van der Waals surface area contributed by atoms with Gasteiger partial charge in [-0.15, -0.1) is 0 Å². The van der Waals surface area contributed by atoms with E-state index in [0.717, 1.165) is 11.1 Å². The largest absolute Gasteiger partial charge is 0.481 e. The minimum atomic E-state index is -0.746. The Morgan fingerprint density at radius 2 is 1.52 bits per heavy atom. The van der Waals surface area contributed by atoms with Gasteiger partial charge >= 0.3 is 12.0 Å². The van der Waals surface area contributed by atoms with Gasteiger partial charge < -0.3 is 15.7 Å². The fourth-order valence-electron chi connectivity index (χ4n) is 3.50. The van der Waals surface area contributed by atoms with Crippen LogP contribution in [0.15, 0.2) is 54.6 Å². The first-order chi connectivity index (χ1) is 13.0. The summed E-state index contributed by atoms with van der Waals surface area (Å²) in [7, 11) is 0. The number of carbonyl (C=O) groups is 2. The molecule has 1 aliphatic carbocycles. The number of halogens is 1. The van der Waals surface area contributed by atoms with Crippen LogP contribution in [0.1, 0.15) is 42.9 Å². The zero-order valence-corrected chi connectivity index (χ0v) is 15.7. The maximum atomic E-state index is 12.6. The molecule has 0 aromatic heterocycles. The lowest BCUT2D eigenvalue weighted by Gasteiger charge is -2.28. The van der Waals surface area contributed by atoms with Crippen LogP contribution in [0.3, 0.4) is 0 Å². The molecule has 0 radical (unpaired) electrons. The van der Waals surface area contributed by atoms with Crippen LogP contribution in [0.25, 0.3) is 0 Å². The van der Waals surface area contributed by atoms with Crippen molar-refractivity contribution in [3.63, 3.8) is 0 Å². The van der Waals surface area contributed by atoms with Crippen molar-refractivity contribution in [1.82, 2.24) is 10.6 Å². The number of nitrogens with one attached hydrogen (secondary N) is 2. The highest BCUT2D eigenvalue weighted by Crippen LogP contribution is 2.26. The van der Waals surface area contributed by atoms with Crippen LogP contribution in [0.4, 0.5) is 4.79 Å². The van der Waals surface area contributed by atoms with Crippen LogP contribution in [0.5, 0.6) is 0 Å². The number of aliphatic carboxylic acids is 1. The molecule has 2 aromatic rings. The second-order valence-electron chi connectivity index (χ2n) is 6.90. The smallest absolute Gasteiger partial charge is 0.315 e. The number of benzene rings is 2. The molecule has 27 heavy (non-hydrogen) atoms. The number of urea groups is 1. The molecule has 3 rings (SSSR count). The van der Waals surface area contributed by atoms with Gasteiger partial charge in [-0.2, -0.15) is 0 Å². The van der Waals surface area contributed by atoms with Crippen molar-refractivity contribution >= 4 is 23.6 Å². The van der Waals surface area contributed by atoms with Crippen molar-refractivity contribution < 1.29 is 14.7 Å². The van der Waals surface area contributed by atoms with Crippen molar-refractivity contribution in [1.29, 1.82) is 0 Å². The second-order valence-corrected chi connectivity index (χ2v) is 7.34. The van der Waals surface area contributed by atoms with Gasteiger partial charge in [0.25, 0.3) is 0 Å². The summed E-state index contributed by atoms with van der Waals surface area (Å²) in [6.07, 6.45) is 2.56. The number of hydrogen-bond donors (Lipinski definition) is 3. The molecule has 1 saturated carbocycles. The molecule has 2 amide bonds. The number of hydrogen-bond acceptors (Lipinski definition) is 2. The molecule has 3 N–H and O–H groups in total. The lowest BCUT2D eigenvalue weighted by molar-refractivity contribution is -0.142. The summed E-state index contributed by atoms with van der Waals surface area (Å²) < 4.78 is 0. The predicted molar refractivity (Wildman–Crippen MR) is 105 cm³/mol. The minimum absolute atomic E-state index is 0.00208. The van der Waals surface area contributed by atoms with Gasteiger partial charge in [-0.25, -0.2) is 4.79 Å². The van der Waals surface area contributed by atoms with Crippen molar-refractivity contribution in [3.8, 4) is 0 Å². The normalized spacial score (nSPS) is 20.5. The van der Waals surface area contributed by atoms with Crippen LogP contribution in [0, 0.1) is 5.92 Å². The lowest BCUT2D eigenvalue weighted by atomic mass is 9.86. The summed E-state index contributed by atoms with van der Waals surface area (Å²) in [5, 5.41) is 15.8. The van der Waals surface area contributed by atoms with Crippen molar-refractivity contribution in [2.75, 3.05) is 0 Å². The van der Waals surface area contributed by atoms with Crippen LogP contribution < -0.4 is 10.6 Å². The molecule has 1 atom stereocenters. The molecular weight excluding hydrogens is 364 g/mol. The number of carboxylic acids is 1. The number of amides is 2. The summed E-state index contributed by atoms with van der Waals surface area (Å²) in [6.45, 7) is 0. The van der Waals surface area contributed by atoms with Crippen molar-refractivity contribution in [2.45, 2.75) is 37.8 Å². The molecule has 142 valence electrons. The Balaban J connectivity index is 1.66. The Morgan fingerprint density at radius 3 is 2.11 bits per heavy atom. The average molecular weight is 387 g/mol. The van der Waals surface area contributed by atoms with E-state index in [4.69, 9.17) is 16.7 Å². The monoisotopic (exact) mass is 386 g/mol. The van der Waals surface area contributed by atoms with E-state index in [2.05, 4.69) is 10.6 Å². The average Bonchev–Trinajstić information content (AvgIpc) is 2.68. The topological polar surface area (TPSA) is 78.4 Å². The van der Waals surface area contributed by atoms with Crippen LogP contribution in [-0.4, -0.2) is 23.1 Å². The molecule has 2 aromatic carbocycles. The van der Waals surface area contributed by atoms with Gasteiger partial charge in [0, 0.05) is 11.1 Å². The van der Waals surface area contributed by atoms with E-state index in [1.54, 1.807) is 12.1 Å². The maximum absolute atomic E-state index is 12.6. The molecule has 1 unspecified atom stereocenters. The zero-order valence-electron chi connectivity index (χ0n) is 14.9. The standard InChI is InChI=1S/C21H23ClN2O3/c22-17-10-6-15(7-11-17)19(14-4-2-1-3-5-14)24-21(27)23-18-12-8-16(9-13-18)20(25)26/h1-7,10-11,16,18-19H,8-9,12-13H2,(H,25,26)(H2,23,24,27). The van der Waals surface area contributed by atoms with Gasteiger partial charge in [0.15, 0.2) is 0 Å². The number of rotatable bonds is 5. The Hall–Kier alpha value is -2.53. The SMILES string of the molecule is O=C(NC1CCC(C(=O)O)CC1)NC(c1ccccc1)c1ccc(Cl)cc1. The van der Waals surface area contributed by atoms with Gasteiger partial charge in [0.2, 0.25) is 0 Å². The van der Waals surface area contributed by atoms with Crippen LogP contribution >= 0.6 is 11.6 Å². The predicted octanol–water partition coefficient (Wildman–Crippen LogP) is 4.37. The highest BCUT2D eigenvalue weighted by molar-refractivity contribution is 6.30. The van der Waals surface area contributed by atoms with E-state index in [1.807, 2.05) is 42.5 Å². The summed E-state index contributed by atoms with van der Waals surface area (Å²) in [5.74, 6) is -1.04. The molecule has 6 heteroatoms. The fraction of sp³-hybridized carbons (Fsp3) is 0.333. The van der Waals surface area contributed by atoms with E-state index < -0.39 is 5.97 Å². The first kappa shape index (κ1) is 19.2. The van der Waals surface area contributed by atoms with E-state index in [9.17, 15) is 9.59 Å². The molecule has 0 spiro atoms. The van der Waals surface area contributed by atoms with Crippen molar-refractivity contribution in [3.05, 3.63) is 70.7 Å². The van der Waals surface area contributed by atoms with E-state index >= 15 is 0 Å². The molecule has 0 aliphatic heterocycles. The summed E-state index contributed by atoms with van der Waals surface area (Å²) in [6, 6.07) is 16.6. The third-order valence-electron chi connectivity index (χ3n) is 5.02. The van der Waals surface area contributed by atoms with Gasteiger partial charge in [0.05, 0.1) is 12.0 Å². The molecule has 0 bridgehead atoms. The number of carbonyl (C=O) groups excluding carboxylic acids is 1. The Kier molecular flexibility index (Phi) is 6.35. The number of carboxylic acid groups (broad SMARTS) is 1. The minimum Gasteiger partial charge on any atom is -0.481 e. The molecule has 5 nitrogen and oxygen atoms in total. The Bertz CT molecular complexity index is 772. The van der Waals surface area contributed by atoms with E-state index in [-0.39, 0.29) is 24.0 Å².